The molecule has 0 radical (unpaired) electrons. The molecule has 0 saturated heterocycles. The Morgan fingerprint density at radius 3 is 2.72 bits per heavy atom. The predicted octanol–water partition coefficient (Wildman–Crippen LogP) is 1.81. The molecule has 1 aliphatic rings. The Bertz CT molecular complexity index is 371. The fourth-order valence-corrected chi connectivity index (χ4v) is 2.57. The summed E-state index contributed by atoms with van der Waals surface area (Å²) in [5.41, 5.74) is 2.46. The first-order valence-corrected chi connectivity index (χ1v) is 7.19. The third kappa shape index (κ3) is 2.93. The molecule has 1 aliphatic carbocycles. The van der Waals surface area contributed by atoms with Crippen molar-refractivity contribution in [1.29, 1.82) is 0 Å². The highest BCUT2D eigenvalue weighted by Crippen LogP contribution is 2.26. The normalized spacial score (nSPS) is 16.2. The zero-order chi connectivity index (χ0) is 13.0. The van der Waals surface area contributed by atoms with Crippen LogP contribution in [0.5, 0.6) is 0 Å². The molecule has 0 amide bonds. The lowest BCUT2D eigenvalue weighted by atomic mass is 9.91. The van der Waals surface area contributed by atoms with Crippen LogP contribution in [0.25, 0.3) is 0 Å². The van der Waals surface area contributed by atoms with Gasteiger partial charge in [0.15, 0.2) is 0 Å². The smallest absolute Gasteiger partial charge is 0.0625 e. The summed E-state index contributed by atoms with van der Waals surface area (Å²) in [6, 6.07) is 2.88. The number of hydrogen-bond donors (Lipinski definition) is 1. The number of aliphatic hydroxyl groups excluding tert-OH is 1. The Morgan fingerprint density at radius 1 is 1.44 bits per heavy atom. The maximum absolute atomic E-state index is 9.20. The Hall–Kier alpha value is -0.870. The highest BCUT2D eigenvalue weighted by molar-refractivity contribution is 5.11. The Balaban J connectivity index is 2.06. The van der Waals surface area contributed by atoms with Gasteiger partial charge in [-0.15, -0.1) is 0 Å². The van der Waals surface area contributed by atoms with Crippen LogP contribution in [-0.4, -0.2) is 39.0 Å². The fourth-order valence-electron chi connectivity index (χ4n) is 2.57. The molecule has 4 nitrogen and oxygen atoms in total. The molecule has 1 heterocycles. The molecule has 1 saturated carbocycles. The van der Waals surface area contributed by atoms with E-state index < -0.39 is 0 Å². The SMILES string of the molecule is CCc1cc(CN(CCO)C2CCC2)n(CC)n1. The van der Waals surface area contributed by atoms with E-state index in [9.17, 15) is 5.11 Å². The first-order chi connectivity index (χ1) is 8.78. The Morgan fingerprint density at radius 2 is 2.22 bits per heavy atom. The highest BCUT2D eigenvalue weighted by Gasteiger charge is 2.25. The molecule has 1 aromatic rings. The van der Waals surface area contributed by atoms with E-state index in [1.807, 2.05) is 0 Å². The van der Waals surface area contributed by atoms with E-state index in [4.69, 9.17) is 0 Å². The van der Waals surface area contributed by atoms with Gasteiger partial charge in [-0.1, -0.05) is 13.3 Å². The van der Waals surface area contributed by atoms with Crippen LogP contribution >= 0.6 is 0 Å². The van der Waals surface area contributed by atoms with Crippen LogP contribution in [0.2, 0.25) is 0 Å². The predicted molar refractivity (Wildman–Crippen MR) is 72.4 cm³/mol. The molecule has 0 atom stereocenters. The van der Waals surface area contributed by atoms with Crippen LogP contribution in [0.3, 0.4) is 0 Å². The first kappa shape index (κ1) is 13.6. The van der Waals surface area contributed by atoms with Crippen molar-refractivity contribution in [2.45, 2.75) is 58.7 Å². The van der Waals surface area contributed by atoms with Crippen LogP contribution in [0.4, 0.5) is 0 Å². The second-order valence-corrected chi connectivity index (χ2v) is 5.08. The van der Waals surface area contributed by atoms with Gasteiger partial charge in [0.2, 0.25) is 0 Å². The minimum atomic E-state index is 0.247. The number of nitrogens with zero attached hydrogens (tertiary/aromatic N) is 3. The van der Waals surface area contributed by atoms with Gasteiger partial charge in [0.05, 0.1) is 18.0 Å². The van der Waals surface area contributed by atoms with Crippen molar-refractivity contribution in [3.05, 3.63) is 17.5 Å². The van der Waals surface area contributed by atoms with Crippen molar-refractivity contribution < 1.29 is 5.11 Å². The van der Waals surface area contributed by atoms with Gasteiger partial charge >= 0.3 is 0 Å². The van der Waals surface area contributed by atoms with Crippen LogP contribution in [0, 0.1) is 0 Å². The molecule has 1 N–H and O–H groups in total. The second kappa shape index (κ2) is 6.34. The highest BCUT2D eigenvalue weighted by atomic mass is 16.3. The Labute approximate surface area is 110 Å². The van der Waals surface area contributed by atoms with Crippen molar-refractivity contribution in [3.63, 3.8) is 0 Å². The lowest BCUT2D eigenvalue weighted by Crippen LogP contribution is -2.41. The van der Waals surface area contributed by atoms with Gasteiger partial charge in [-0.25, -0.2) is 0 Å². The molecule has 0 bridgehead atoms. The second-order valence-electron chi connectivity index (χ2n) is 5.08. The molecule has 1 aromatic heterocycles. The molecular formula is C14H25N3O. The van der Waals surface area contributed by atoms with Crippen molar-refractivity contribution in [2.24, 2.45) is 0 Å². The minimum absolute atomic E-state index is 0.247. The molecule has 1 fully saturated rings. The third-order valence-electron chi connectivity index (χ3n) is 3.92. The molecule has 2 rings (SSSR count). The van der Waals surface area contributed by atoms with Gasteiger partial charge in [0.1, 0.15) is 0 Å². The standard InChI is InChI=1S/C14H25N3O/c1-3-12-10-14(17(4-2)15-12)11-16(8-9-18)13-6-5-7-13/h10,13,18H,3-9,11H2,1-2H3. The zero-order valence-electron chi connectivity index (χ0n) is 11.6. The van der Waals surface area contributed by atoms with Crippen LogP contribution in [-0.2, 0) is 19.5 Å². The van der Waals surface area contributed by atoms with Crippen molar-refractivity contribution in [1.82, 2.24) is 14.7 Å². The Kier molecular flexibility index (Phi) is 4.78. The summed E-state index contributed by atoms with van der Waals surface area (Å²) < 4.78 is 2.10. The van der Waals surface area contributed by atoms with E-state index in [-0.39, 0.29) is 6.61 Å². The molecule has 0 unspecified atom stereocenters. The molecule has 102 valence electrons. The van der Waals surface area contributed by atoms with Gasteiger partial charge < -0.3 is 5.11 Å². The van der Waals surface area contributed by atoms with Gasteiger partial charge in [-0.05, 0) is 32.3 Å². The average molecular weight is 251 g/mol. The molecular weight excluding hydrogens is 226 g/mol. The first-order valence-electron chi connectivity index (χ1n) is 7.19. The molecule has 0 aliphatic heterocycles. The lowest BCUT2D eigenvalue weighted by Gasteiger charge is -2.37. The van der Waals surface area contributed by atoms with Crippen molar-refractivity contribution >= 4 is 0 Å². The molecule has 4 heteroatoms. The van der Waals surface area contributed by atoms with E-state index in [0.717, 1.165) is 26.1 Å². The van der Waals surface area contributed by atoms with E-state index in [0.29, 0.717) is 6.04 Å². The van der Waals surface area contributed by atoms with Gasteiger partial charge in [-0.3, -0.25) is 9.58 Å². The summed E-state index contributed by atoms with van der Waals surface area (Å²) in [6.07, 6.45) is 4.88. The summed E-state index contributed by atoms with van der Waals surface area (Å²) in [7, 11) is 0. The van der Waals surface area contributed by atoms with E-state index in [2.05, 4.69) is 34.6 Å². The quantitative estimate of drug-likeness (QED) is 0.803. The lowest BCUT2D eigenvalue weighted by molar-refractivity contribution is 0.0919. The minimum Gasteiger partial charge on any atom is -0.395 e. The van der Waals surface area contributed by atoms with Crippen molar-refractivity contribution in [2.75, 3.05) is 13.2 Å². The van der Waals surface area contributed by atoms with Gasteiger partial charge in [0.25, 0.3) is 0 Å². The number of rotatable bonds is 7. The van der Waals surface area contributed by atoms with Crippen LogP contribution in [0.1, 0.15) is 44.5 Å². The van der Waals surface area contributed by atoms with E-state index in [1.54, 1.807) is 0 Å². The number of hydrogen-bond acceptors (Lipinski definition) is 3. The number of aliphatic hydroxyl groups is 1. The van der Waals surface area contributed by atoms with Crippen LogP contribution in [0.15, 0.2) is 6.07 Å². The summed E-state index contributed by atoms with van der Waals surface area (Å²) in [6.45, 7) is 7.15. The molecule has 0 aromatic carbocycles. The molecule has 0 spiro atoms. The maximum atomic E-state index is 9.20. The number of aromatic nitrogens is 2. The maximum Gasteiger partial charge on any atom is 0.0625 e. The van der Waals surface area contributed by atoms with Crippen molar-refractivity contribution in [3.8, 4) is 0 Å². The molecule has 18 heavy (non-hydrogen) atoms. The topological polar surface area (TPSA) is 41.3 Å². The summed E-state index contributed by atoms with van der Waals surface area (Å²) >= 11 is 0. The largest absolute Gasteiger partial charge is 0.395 e. The summed E-state index contributed by atoms with van der Waals surface area (Å²) in [4.78, 5) is 2.41. The van der Waals surface area contributed by atoms with E-state index in [1.165, 1.54) is 30.7 Å². The third-order valence-corrected chi connectivity index (χ3v) is 3.92. The van der Waals surface area contributed by atoms with Gasteiger partial charge in [0, 0.05) is 25.7 Å². The van der Waals surface area contributed by atoms with E-state index >= 15 is 0 Å². The summed E-state index contributed by atoms with van der Waals surface area (Å²) in [5.74, 6) is 0. The monoisotopic (exact) mass is 251 g/mol. The zero-order valence-corrected chi connectivity index (χ0v) is 11.6. The number of aryl methyl sites for hydroxylation is 2. The summed E-state index contributed by atoms with van der Waals surface area (Å²) in [5, 5.41) is 13.8. The van der Waals surface area contributed by atoms with Crippen LogP contribution < -0.4 is 0 Å². The van der Waals surface area contributed by atoms with Gasteiger partial charge in [-0.2, -0.15) is 5.10 Å². The fraction of sp³-hybridized carbons (Fsp3) is 0.786. The average Bonchev–Trinajstić information content (AvgIpc) is 2.69.